The van der Waals surface area contributed by atoms with Crippen LogP contribution in [0.4, 0.5) is 5.69 Å². The quantitative estimate of drug-likeness (QED) is 0.651. The molecular formula is C15H16N2O. The number of nitrogens with zero attached hydrogens (tertiary/aromatic N) is 1. The van der Waals surface area contributed by atoms with Gasteiger partial charge in [0.25, 0.3) is 0 Å². The Bertz CT molecular complexity index is 535. The van der Waals surface area contributed by atoms with E-state index in [2.05, 4.69) is 4.99 Å². The van der Waals surface area contributed by atoms with Gasteiger partial charge in [-0.15, -0.1) is 0 Å². The molecule has 3 nitrogen and oxygen atoms in total. The summed E-state index contributed by atoms with van der Waals surface area (Å²) < 4.78 is 5.79. The molecule has 0 aliphatic heterocycles. The molecule has 0 saturated heterocycles. The second-order valence-corrected chi connectivity index (χ2v) is 3.84. The molecule has 0 aliphatic carbocycles. The molecule has 0 aliphatic rings. The van der Waals surface area contributed by atoms with Gasteiger partial charge in [0, 0.05) is 6.42 Å². The van der Waals surface area contributed by atoms with Crippen molar-refractivity contribution < 1.29 is 4.74 Å². The second kappa shape index (κ2) is 5.87. The molecule has 18 heavy (non-hydrogen) atoms. The van der Waals surface area contributed by atoms with Crippen LogP contribution in [0.25, 0.3) is 0 Å². The smallest absolute Gasteiger partial charge is 0.153 e. The van der Waals surface area contributed by atoms with Crippen molar-refractivity contribution in [1.82, 2.24) is 0 Å². The number of benzene rings is 2. The number of para-hydroxylation sites is 3. The molecule has 2 aromatic carbocycles. The van der Waals surface area contributed by atoms with Crippen molar-refractivity contribution in [2.45, 2.75) is 13.3 Å². The van der Waals surface area contributed by atoms with Gasteiger partial charge >= 0.3 is 0 Å². The molecule has 0 spiro atoms. The predicted molar refractivity (Wildman–Crippen MR) is 74.5 cm³/mol. The minimum atomic E-state index is 0.596. The van der Waals surface area contributed by atoms with E-state index in [4.69, 9.17) is 10.5 Å². The summed E-state index contributed by atoms with van der Waals surface area (Å²) in [4.78, 5) is 4.34. The number of amidine groups is 1. The molecule has 0 unspecified atom stereocenters. The van der Waals surface area contributed by atoms with Crippen LogP contribution in [0.2, 0.25) is 0 Å². The predicted octanol–water partition coefficient (Wildman–Crippen LogP) is 3.88. The Kier molecular flexibility index (Phi) is 3.97. The zero-order valence-electron chi connectivity index (χ0n) is 10.3. The van der Waals surface area contributed by atoms with Crippen LogP contribution in [0.15, 0.2) is 59.6 Å². The molecule has 2 aromatic rings. The van der Waals surface area contributed by atoms with Crippen molar-refractivity contribution in [2.75, 3.05) is 0 Å². The summed E-state index contributed by atoms with van der Waals surface area (Å²) in [5, 5.41) is 0. The third kappa shape index (κ3) is 3.10. The van der Waals surface area contributed by atoms with Gasteiger partial charge in [0.15, 0.2) is 5.75 Å². The fourth-order valence-electron chi connectivity index (χ4n) is 1.49. The topological polar surface area (TPSA) is 47.6 Å². The maximum absolute atomic E-state index is 5.79. The van der Waals surface area contributed by atoms with Gasteiger partial charge in [-0.05, 0) is 24.3 Å². The van der Waals surface area contributed by atoms with E-state index in [9.17, 15) is 0 Å². The summed E-state index contributed by atoms with van der Waals surface area (Å²) >= 11 is 0. The van der Waals surface area contributed by atoms with Crippen LogP contribution in [0.5, 0.6) is 11.5 Å². The summed E-state index contributed by atoms with van der Waals surface area (Å²) in [7, 11) is 0. The van der Waals surface area contributed by atoms with E-state index in [-0.39, 0.29) is 0 Å². The Morgan fingerprint density at radius 1 is 1.06 bits per heavy atom. The minimum absolute atomic E-state index is 0.596. The van der Waals surface area contributed by atoms with Gasteiger partial charge < -0.3 is 10.5 Å². The average Bonchev–Trinajstić information content (AvgIpc) is 2.42. The van der Waals surface area contributed by atoms with E-state index in [1.807, 2.05) is 61.5 Å². The lowest BCUT2D eigenvalue weighted by atomic mass is 10.3. The normalized spacial score (nSPS) is 11.3. The minimum Gasteiger partial charge on any atom is -0.455 e. The van der Waals surface area contributed by atoms with E-state index >= 15 is 0 Å². The molecule has 0 atom stereocenters. The molecule has 2 rings (SSSR count). The lowest BCUT2D eigenvalue weighted by Crippen LogP contribution is -2.08. The summed E-state index contributed by atoms with van der Waals surface area (Å²) in [5.41, 5.74) is 6.51. The van der Waals surface area contributed by atoms with Crippen molar-refractivity contribution in [3.05, 3.63) is 54.6 Å². The number of aliphatic imine (C=N–C) groups is 1. The largest absolute Gasteiger partial charge is 0.455 e. The summed E-state index contributed by atoms with van der Waals surface area (Å²) in [6.07, 6.45) is 0.722. The highest BCUT2D eigenvalue weighted by atomic mass is 16.5. The highest BCUT2D eigenvalue weighted by molar-refractivity contribution is 5.83. The van der Waals surface area contributed by atoms with Crippen LogP contribution >= 0.6 is 0 Å². The Labute approximate surface area is 107 Å². The fraction of sp³-hybridized carbons (Fsp3) is 0.133. The average molecular weight is 240 g/mol. The first kappa shape index (κ1) is 12.2. The van der Waals surface area contributed by atoms with E-state index in [1.54, 1.807) is 0 Å². The number of nitrogens with two attached hydrogens (primary N) is 1. The highest BCUT2D eigenvalue weighted by Crippen LogP contribution is 2.31. The zero-order chi connectivity index (χ0) is 12.8. The number of rotatable bonds is 4. The maximum atomic E-state index is 5.79. The molecule has 0 amide bonds. The first-order valence-corrected chi connectivity index (χ1v) is 5.94. The molecule has 0 bridgehead atoms. The summed E-state index contributed by atoms with van der Waals surface area (Å²) in [5.74, 6) is 2.09. The van der Waals surface area contributed by atoms with Crippen molar-refractivity contribution in [3.63, 3.8) is 0 Å². The van der Waals surface area contributed by atoms with Crippen molar-refractivity contribution >= 4 is 11.5 Å². The van der Waals surface area contributed by atoms with Crippen molar-refractivity contribution in [3.8, 4) is 11.5 Å². The molecule has 0 radical (unpaired) electrons. The van der Waals surface area contributed by atoms with E-state index in [0.29, 0.717) is 11.6 Å². The van der Waals surface area contributed by atoms with Gasteiger partial charge in [0.1, 0.15) is 11.4 Å². The van der Waals surface area contributed by atoms with Crippen LogP contribution in [0.3, 0.4) is 0 Å². The summed E-state index contributed by atoms with van der Waals surface area (Å²) in [6, 6.07) is 17.2. The van der Waals surface area contributed by atoms with Crippen LogP contribution in [0, 0.1) is 0 Å². The number of ether oxygens (including phenoxy) is 1. The molecule has 0 aromatic heterocycles. The maximum Gasteiger partial charge on any atom is 0.153 e. The van der Waals surface area contributed by atoms with Gasteiger partial charge in [-0.1, -0.05) is 37.3 Å². The second-order valence-electron chi connectivity index (χ2n) is 3.84. The fourth-order valence-corrected chi connectivity index (χ4v) is 1.49. The third-order valence-electron chi connectivity index (χ3n) is 2.46. The number of hydrogen-bond donors (Lipinski definition) is 1. The molecule has 0 fully saturated rings. The Morgan fingerprint density at radius 3 is 2.44 bits per heavy atom. The van der Waals surface area contributed by atoms with Gasteiger partial charge in [0.2, 0.25) is 0 Å². The van der Waals surface area contributed by atoms with Crippen LogP contribution in [-0.4, -0.2) is 5.84 Å². The monoisotopic (exact) mass is 240 g/mol. The van der Waals surface area contributed by atoms with Crippen molar-refractivity contribution in [1.29, 1.82) is 0 Å². The Hall–Kier alpha value is -2.29. The lowest BCUT2D eigenvalue weighted by molar-refractivity contribution is 0.484. The van der Waals surface area contributed by atoms with Gasteiger partial charge in [-0.2, -0.15) is 0 Å². The van der Waals surface area contributed by atoms with Gasteiger partial charge in [-0.25, -0.2) is 4.99 Å². The number of hydrogen-bond acceptors (Lipinski definition) is 2. The molecule has 3 heteroatoms. The van der Waals surface area contributed by atoms with E-state index in [0.717, 1.165) is 17.9 Å². The van der Waals surface area contributed by atoms with Crippen LogP contribution in [0.1, 0.15) is 13.3 Å². The highest BCUT2D eigenvalue weighted by Gasteiger charge is 2.03. The molecule has 2 N–H and O–H groups in total. The zero-order valence-corrected chi connectivity index (χ0v) is 10.3. The Morgan fingerprint density at radius 2 is 1.72 bits per heavy atom. The van der Waals surface area contributed by atoms with E-state index < -0.39 is 0 Å². The first-order chi connectivity index (χ1) is 8.79. The van der Waals surface area contributed by atoms with Crippen LogP contribution in [-0.2, 0) is 0 Å². The van der Waals surface area contributed by atoms with E-state index in [1.165, 1.54) is 0 Å². The third-order valence-corrected chi connectivity index (χ3v) is 2.46. The first-order valence-electron chi connectivity index (χ1n) is 5.94. The standard InChI is InChI=1S/C15H16N2O/c1-2-15(16)17-13-10-6-7-11-14(13)18-12-8-4-3-5-9-12/h3-11H,2H2,1H3,(H2,16,17). The molecule has 92 valence electrons. The molecule has 0 saturated carbocycles. The lowest BCUT2D eigenvalue weighted by Gasteiger charge is -2.08. The SMILES string of the molecule is CCC(N)=Nc1ccccc1Oc1ccccc1. The summed E-state index contributed by atoms with van der Waals surface area (Å²) in [6.45, 7) is 1.97. The molecular weight excluding hydrogens is 224 g/mol. The Balaban J connectivity index is 2.28. The van der Waals surface area contributed by atoms with Gasteiger partial charge in [-0.3, -0.25) is 0 Å². The molecule has 0 heterocycles. The van der Waals surface area contributed by atoms with Gasteiger partial charge in [0.05, 0.1) is 5.84 Å². The van der Waals surface area contributed by atoms with Crippen LogP contribution < -0.4 is 10.5 Å². The van der Waals surface area contributed by atoms with Crippen molar-refractivity contribution in [2.24, 2.45) is 10.7 Å².